The second kappa shape index (κ2) is 9.59. The van der Waals surface area contributed by atoms with E-state index in [-0.39, 0.29) is 25.0 Å². The van der Waals surface area contributed by atoms with Crippen LogP contribution in [0.25, 0.3) is 0 Å². The van der Waals surface area contributed by atoms with E-state index in [0.29, 0.717) is 5.02 Å². The lowest BCUT2D eigenvalue weighted by Gasteiger charge is -2.21. The van der Waals surface area contributed by atoms with E-state index in [1.54, 1.807) is 36.0 Å². The van der Waals surface area contributed by atoms with E-state index in [2.05, 4.69) is 5.32 Å². The van der Waals surface area contributed by atoms with Crippen LogP contribution in [0.15, 0.2) is 53.4 Å². The summed E-state index contributed by atoms with van der Waals surface area (Å²) in [5.74, 6) is -0.351. The quantitative estimate of drug-likeness (QED) is 0.653. The molecule has 0 aliphatic carbocycles. The number of carbonyl (C=O) groups is 1. The molecule has 1 amide bonds. The zero-order chi connectivity index (χ0) is 20.0. The van der Waals surface area contributed by atoms with Gasteiger partial charge in [-0.1, -0.05) is 35.9 Å². The molecule has 0 heterocycles. The largest absolute Gasteiger partial charge is 0.348 e. The molecule has 0 unspecified atom stereocenters. The number of thioether (sulfide) groups is 1. The number of sulfonamides is 1. The maximum absolute atomic E-state index is 12.4. The Bertz CT molecular complexity index is 869. The van der Waals surface area contributed by atoms with Gasteiger partial charge in [-0.3, -0.25) is 4.79 Å². The average molecular weight is 427 g/mol. The van der Waals surface area contributed by atoms with Crippen LogP contribution >= 0.6 is 23.4 Å². The van der Waals surface area contributed by atoms with Gasteiger partial charge in [0.15, 0.2) is 0 Å². The molecule has 0 spiro atoms. The molecular weight excluding hydrogens is 404 g/mol. The maximum atomic E-state index is 12.4. The van der Waals surface area contributed by atoms with E-state index in [4.69, 9.17) is 11.6 Å². The molecule has 2 rings (SSSR count). The zero-order valence-electron chi connectivity index (χ0n) is 15.5. The smallest absolute Gasteiger partial charge is 0.235 e. The number of rotatable bonds is 8. The van der Waals surface area contributed by atoms with E-state index in [0.717, 1.165) is 26.6 Å². The predicted molar refractivity (Wildman–Crippen MR) is 111 cm³/mol. The molecule has 0 fully saturated rings. The number of benzene rings is 2. The molecule has 0 saturated carbocycles. The Hall–Kier alpha value is -1.54. The van der Waals surface area contributed by atoms with Crippen molar-refractivity contribution < 1.29 is 13.2 Å². The standard InChI is InChI=1S/C19H23ClN2O3S2/c1-14(16-6-10-18(26-2)11-7-16)21-19(23)13-22(27(3,24)25)12-15-4-8-17(20)9-5-15/h4-11,14H,12-13H2,1-3H3,(H,21,23)/t14-/m0/s1. The van der Waals surface area contributed by atoms with Crippen LogP contribution in [-0.2, 0) is 21.4 Å². The Kier molecular flexibility index (Phi) is 7.73. The number of nitrogens with one attached hydrogen (secondary N) is 1. The Balaban J connectivity index is 2.03. The highest BCUT2D eigenvalue weighted by Gasteiger charge is 2.21. The van der Waals surface area contributed by atoms with Crippen molar-refractivity contribution in [3.05, 3.63) is 64.7 Å². The van der Waals surface area contributed by atoms with Crippen molar-refractivity contribution in [1.29, 1.82) is 0 Å². The van der Waals surface area contributed by atoms with E-state index in [9.17, 15) is 13.2 Å². The normalized spacial score (nSPS) is 12.8. The molecule has 0 aliphatic rings. The summed E-state index contributed by atoms with van der Waals surface area (Å²) in [7, 11) is -3.54. The molecule has 146 valence electrons. The molecule has 1 atom stereocenters. The fourth-order valence-corrected chi connectivity index (χ4v) is 3.78. The number of halogens is 1. The summed E-state index contributed by atoms with van der Waals surface area (Å²) in [6.07, 6.45) is 3.10. The van der Waals surface area contributed by atoms with Crippen LogP contribution in [0.3, 0.4) is 0 Å². The third-order valence-electron chi connectivity index (χ3n) is 4.05. The Morgan fingerprint density at radius 1 is 1.15 bits per heavy atom. The minimum atomic E-state index is -3.54. The van der Waals surface area contributed by atoms with Gasteiger partial charge in [0.1, 0.15) is 0 Å². The molecule has 27 heavy (non-hydrogen) atoms. The highest BCUT2D eigenvalue weighted by Crippen LogP contribution is 2.19. The van der Waals surface area contributed by atoms with Crippen LogP contribution in [0.4, 0.5) is 0 Å². The molecule has 1 N–H and O–H groups in total. The molecule has 0 bridgehead atoms. The van der Waals surface area contributed by atoms with Crippen molar-refractivity contribution in [3.63, 3.8) is 0 Å². The Labute approximate surface area is 170 Å². The van der Waals surface area contributed by atoms with Crippen molar-refractivity contribution in [2.45, 2.75) is 24.4 Å². The third-order valence-corrected chi connectivity index (χ3v) is 6.25. The summed E-state index contributed by atoms with van der Waals surface area (Å²) < 4.78 is 25.3. The Morgan fingerprint density at radius 2 is 1.74 bits per heavy atom. The van der Waals surface area contributed by atoms with Crippen LogP contribution in [0.5, 0.6) is 0 Å². The monoisotopic (exact) mass is 426 g/mol. The SMILES string of the molecule is CSc1ccc([C@H](C)NC(=O)CN(Cc2ccc(Cl)cc2)S(C)(=O)=O)cc1. The summed E-state index contributed by atoms with van der Waals surface area (Å²) in [5, 5.41) is 3.43. The summed E-state index contributed by atoms with van der Waals surface area (Å²) in [6, 6.07) is 14.6. The first kappa shape index (κ1) is 21.8. The third kappa shape index (κ3) is 6.84. The number of amides is 1. The van der Waals surface area contributed by atoms with E-state index in [1.807, 2.05) is 37.4 Å². The first-order valence-corrected chi connectivity index (χ1v) is 11.8. The zero-order valence-corrected chi connectivity index (χ0v) is 17.9. The molecule has 8 heteroatoms. The fourth-order valence-electron chi connectivity index (χ4n) is 2.51. The van der Waals surface area contributed by atoms with E-state index < -0.39 is 10.0 Å². The second-order valence-electron chi connectivity index (χ2n) is 6.22. The van der Waals surface area contributed by atoms with E-state index >= 15 is 0 Å². The van der Waals surface area contributed by atoms with Crippen LogP contribution in [0, 0.1) is 0 Å². The summed E-state index contributed by atoms with van der Waals surface area (Å²) in [4.78, 5) is 13.6. The minimum Gasteiger partial charge on any atom is -0.348 e. The molecule has 2 aromatic rings. The van der Waals surface area contributed by atoms with Crippen molar-refractivity contribution in [1.82, 2.24) is 9.62 Å². The lowest BCUT2D eigenvalue weighted by molar-refractivity contribution is -0.122. The van der Waals surface area contributed by atoms with Gasteiger partial charge in [0.2, 0.25) is 15.9 Å². The summed E-state index contributed by atoms with van der Waals surface area (Å²) in [5.41, 5.74) is 1.73. The van der Waals surface area contributed by atoms with Gasteiger partial charge in [-0.2, -0.15) is 4.31 Å². The molecule has 0 saturated heterocycles. The van der Waals surface area contributed by atoms with Crippen molar-refractivity contribution in [3.8, 4) is 0 Å². The van der Waals surface area contributed by atoms with Gasteiger partial charge >= 0.3 is 0 Å². The molecule has 0 radical (unpaired) electrons. The lowest BCUT2D eigenvalue weighted by atomic mass is 10.1. The van der Waals surface area contributed by atoms with Gasteiger partial charge < -0.3 is 5.32 Å². The first-order chi connectivity index (χ1) is 12.7. The van der Waals surface area contributed by atoms with Gasteiger partial charge in [-0.05, 0) is 48.6 Å². The molecule has 0 aliphatic heterocycles. The van der Waals surface area contributed by atoms with Crippen LogP contribution in [0.2, 0.25) is 5.02 Å². The van der Waals surface area contributed by atoms with Crippen molar-refractivity contribution in [2.75, 3.05) is 19.1 Å². The van der Waals surface area contributed by atoms with Crippen molar-refractivity contribution in [2.24, 2.45) is 0 Å². The van der Waals surface area contributed by atoms with Crippen LogP contribution in [0.1, 0.15) is 24.1 Å². The maximum Gasteiger partial charge on any atom is 0.235 e. The van der Waals surface area contributed by atoms with Gasteiger partial charge in [0, 0.05) is 16.5 Å². The Morgan fingerprint density at radius 3 is 2.26 bits per heavy atom. The lowest BCUT2D eigenvalue weighted by Crippen LogP contribution is -2.40. The first-order valence-electron chi connectivity index (χ1n) is 8.32. The van der Waals surface area contributed by atoms with Gasteiger partial charge in [-0.15, -0.1) is 11.8 Å². The number of hydrogen-bond donors (Lipinski definition) is 1. The number of nitrogens with zero attached hydrogens (tertiary/aromatic N) is 1. The van der Waals surface area contributed by atoms with E-state index in [1.165, 1.54) is 0 Å². The molecule has 0 aromatic heterocycles. The van der Waals surface area contributed by atoms with Gasteiger partial charge in [-0.25, -0.2) is 8.42 Å². The topological polar surface area (TPSA) is 66.5 Å². The van der Waals surface area contributed by atoms with Gasteiger partial charge in [0.25, 0.3) is 0 Å². The number of hydrogen-bond acceptors (Lipinski definition) is 4. The van der Waals surface area contributed by atoms with Gasteiger partial charge in [0.05, 0.1) is 18.8 Å². The molecular formula is C19H23ClN2O3S2. The fraction of sp³-hybridized carbons (Fsp3) is 0.316. The molecule has 5 nitrogen and oxygen atoms in total. The highest BCUT2D eigenvalue weighted by molar-refractivity contribution is 7.98. The number of carbonyl (C=O) groups excluding carboxylic acids is 1. The van der Waals surface area contributed by atoms with Crippen LogP contribution < -0.4 is 5.32 Å². The van der Waals surface area contributed by atoms with Crippen molar-refractivity contribution >= 4 is 39.3 Å². The average Bonchev–Trinajstić information content (AvgIpc) is 2.62. The van der Waals surface area contributed by atoms with Crippen LogP contribution in [-0.4, -0.2) is 37.7 Å². The highest BCUT2D eigenvalue weighted by atomic mass is 35.5. The second-order valence-corrected chi connectivity index (χ2v) is 9.52. The minimum absolute atomic E-state index is 0.111. The summed E-state index contributed by atoms with van der Waals surface area (Å²) >= 11 is 7.51. The summed E-state index contributed by atoms with van der Waals surface area (Å²) in [6.45, 7) is 1.74. The predicted octanol–water partition coefficient (Wildman–Crippen LogP) is 3.70. The molecule has 2 aromatic carbocycles.